The van der Waals surface area contributed by atoms with Gasteiger partial charge in [0.25, 0.3) is 0 Å². The van der Waals surface area contributed by atoms with Crippen molar-refractivity contribution in [2.24, 2.45) is 11.7 Å². The molecule has 1 aliphatic carbocycles. The van der Waals surface area contributed by atoms with Crippen LogP contribution < -0.4 is 11.1 Å². The van der Waals surface area contributed by atoms with E-state index in [1.807, 2.05) is 26.0 Å². The highest BCUT2D eigenvalue weighted by Gasteiger charge is 2.33. The predicted molar refractivity (Wildman–Crippen MR) is 74.5 cm³/mol. The van der Waals surface area contributed by atoms with E-state index in [2.05, 4.69) is 17.4 Å². The van der Waals surface area contributed by atoms with E-state index in [1.54, 1.807) is 0 Å². The first-order valence-corrected chi connectivity index (χ1v) is 6.73. The molecular formula is C15H22N2O2. The number of carbonyl (C=O) groups excluding carboxylic acids is 1. The minimum Gasteiger partial charge on any atom is -0.468 e. The number of rotatable bonds is 4. The average Bonchev–Trinajstić information content (AvgIpc) is 2.72. The molecule has 0 amide bonds. The first-order valence-electron chi connectivity index (χ1n) is 6.73. The van der Waals surface area contributed by atoms with Gasteiger partial charge in [0.15, 0.2) is 0 Å². The van der Waals surface area contributed by atoms with Crippen LogP contribution in [-0.2, 0) is 9.53 Å². The molecule has 0 radical (unpaired) electrons. The van der Waals surface area contributed by atoms with Gasteiger partial charge >= 0.3 is 5.97 Å². The van der Waals surface area contributed by atoms with Crippen LogP contribution in [0.5, 0.6) is 0 Å². The van der Waals surface area contributed by atoms with Crippen molar-refractivity contribution in [3.63, 3.8) is 0 Å². The molecule has 0 aromatic heterocycles. The molecule has 1 aromatic carbocycles. The van der Waals surface area contributed by atoms with Gasteiger partial charge in [0.2, 0.25) is 0 Å². The molecule has 2 rings (SSSR count). The molecule has 0 fully saturated rings. The highest BCUT2D eigenvalue weighted by molar-refractivity contribution is 5.76. The number of hydrogen-bond acceptors (Lipinski definition) is 4. The predicted octanol–water partition coefficient (Wildman–Crippen LogP) is 1.92. The van der Waals surface area contributed by atoms with E-state index in [4.69, 9.17) is 10.5 Å². The maximum Gasteiger partial charge on any atom is 0.323 e. The van der Waals surface area contributed by atoms with E-state index in [0.29, 0.717) is 0 Å². The summed E-state index contributed by atoms with van der Waals surface area (Å²) in [4.78, 5) is 11.8. The standard InChI is InChI=1S/C15H22N2O2/c1-9(2)14(15(18)19-3)17-13-8-12(16)10-6-4-5-7-11(10)13/h4-7,9,12-14,17H,8,16H2,1-3H3/t12?,13?,14-/m0/s1. The summed E-state index contributed by atoms with van der Waals surface area (Å²) in [5.41, 5.74) is 8.51. The van der Waals surface area contributed by atoms with E-state index >= 15 is 0 Å². The fraction of sp³-hybridized carbons (Fsp3) is 0.533. The molecule has 0 heterocycles. The summed E-state index contributed by atoms with van der Waals surface area (Å²) in [6.07, 6.45) is 0.819. The lowest BCUT2D eigenvalue weighted by atomic mass is 10.0. The van der Waals surface area contributed by atoms with Gasteiger partial charge in [0, 0.05) is 12.1 Å². The Morgan fingerprint density at radius 3 is 2.58 bits per heavy atom. The molecular weight excluding hydrogens is 240 g/mol. The lowest BCUT2D eigenvalue weighted by Gasteiger charge is -2.24. The van der Waals surface area contributed by atoms with E-state index in [-0.39, 0.29) is 30.0 Å². The lowest BCUT2D eigenvalue weighted by molar-refractivity contribution is -0.144. The highest BCUT2D eigenvalue weighted by Crippen LogP contribution is 2.37. The van der Waals surface area contributed by atoms with Gasteiger partial charge in [-0.3, -0.25) is 10.1 Å². The first kappa shape index (κ1) is 14.0. The van der Waals surface area contributed by atoms with E-state index < -0.39 is 0 Å². The number of fused-ring (bicyclic) bond motifs is 1. The summed E-state index contributed by atoms with van der Waals surface area (Å²) >= 11 is 0. The minimum atomic E-state index is -0.298. The van der Waals surface area contributed by atoms with Gasteiger partial charge in [0.05, 0.1) is 7.11 Å². The highest BCUT2D eigenvalue weighted by atomic mass is 16.5. The Morgan fingerprint density at radius 2 is 2.00 bits per heavy atom. The van der Waals surface area contributed by atoms with Gasteiger partial charge in [-0.2, -0.15) is 0 Å². The monoisotopic (exact) mass is 262 g/mol. The molecule has 1 aromatic rings. The third-order valence-corrected chi connectivity index (χ3v) is 3.76. The zero-order valence-electron chi connectivity index (χ0n) is 11.7. The maximum atomic E-state index is 11.8. The summed E-state index contributed by atoms with van der Waals surface area (Å²) in [5, 5.41) is 3.40. The topological polar surface area (TPSA) is 64.3 Å². The zero-order valence-corrected chi connectivity index (χ0v) is 11.7. The van der Waals surface area contributed by atoms with Gasteiger partial charge in [0.1, 0.15) is 6.04 Å². The van der Waals surface area contributed by atoms with Crippen LogP contribution >= 0.6 is 0 Å². The Balaban J connectivity index is 2.18. The maximum absolute atomic E-state index is 11.8. The van der Waals surface area contributed by atoms with Crippen LogP contribution in [0.4, 0.5) is 0 Å². The minimum absolute atomic E-state index is 0.0409. The largest absolute Gasteiger partial charge is 0.468 e. The van der Waals surface area contributed by atoms with Crippen LogP contribution in [0.2, 0.25) is 0 Å². The molecule has 3 atom stereocenters. The Hall–Kier alpha value is -1.39. The molecule has 104 valence electrons. The van der Waals surface area contributed by atoms with Crippen molar-refractivity contribution in [3.8, 4) is 0 Å². The number of ether oxygens (including phenoxy) is 1. The lowest BCUT2D eigenvalue weighted by Crippen LogP contribution is -2.43. The van der Waals surface area contributed by atoms with Gasteiger partial charge < -0.3 is 10.5 Å². The molecule has 1 aliphatic rings. The third kappa shape index (κ3) is 2.80. The summed E-state index contributed by atoms with van der Waals surface area (Å²) in [6.45, 7) is 4.02. The van der Waals surface area contributed by atoms with Gasteiger partial charge in [-0.25, -0.2) is 0 Å². The second-order valence-electron chi connectivity index (χ2n) is 5.44. The quantitative estimate of drug-likeness (QED) is 0.814. The second-order valence-corrected chi connectivity index (χ2v) is 5.44. The Bertz CT molecular complexity index is 459. The SMILES string of the molecule is COC(=O)[C@@H](NC1CC(N)c2ccccc21)C(C)C. The first-order chi connectivity index (χ1) is 9.04. The number of methoxy groups -OCH3 is 1. The number of hydrogen-bond donors (Lipinski definition) is 2. The van der Waals surface area contributed by atoms with Crippen LogP contribution in [0.1, 0.15) is 43.5 Å². The van der Waals surface area contributed by atoms with Crippen LogP contribution in [0.15, 0.2) is 24.3 Å². The molecule has 3 N–H and O–H groups in total. The Labute approximate surface area is 114 Å². The summed E-state index contributed by atoms with van der Waals surface area (Å²) in [5.74, 6) is -0.0376. The number of nitrogens with one attached hydrogen (secondary N) is 1. The normalized spacial score (nSPS) is 23.2. The second kappa shape index (κ2) is 5.72. The van der Waals surface area contributed by atoms with Crippen LogP contribution in [0.25, 0.3) is 0 Å². The van der Waals surface area contributed by atoms with Gasteiger partial charge in [-0.15, -0.1) is 0 Å². The smallest absolute Gasteiger partial charge is 0.323 e. The summed E-state index contributed by atoms with van der Waals surface area (Å²) in [6, 6.07) is 8.01. The number of nitrogens with two attached hydrogens (primary N) is 1. The van der Waals surface area contributed by atoms with Crippen molar-refractivity contribution in [1.82, 2.24) is 5.32 Å². The Kier molecular flexibility index (Phi) is 4.22. The number of benzene rings is 1. The third-order valence-electron chi connectivity index (χ3n) is 3.76. The van der Waals surface area contributed by atoms with Crippen molar-refractivity contribution >= 4 is 5.97 Å². The molecule has 4 nitrogen and oxygen atoms in total. The number of carbonyl (C=O) groups is 1. The van der Waals surface area contributed by atoms with E-state index in [0.717, 1.165) is 6.42 Å². The molecule has 0 saturated carbocycles. The summed E-state index contributed by atoms with van der Waals surface area (Å²) < 4.78 is 4.87. The van der Waals surface area contributed by atoms with Crippen LogP contribution in [-0.4, -0.2) is 19.1 Å². The van der Waals surface area contributed by atoms with E-state index in [9.17, 15) is 4.79 Å². The van der Waals surface area contributed by atoms with Crippen LogP contribution in [0, 0.1) is 5.92 Å². The van der Waals surface area contributed by atoms with Crippen molar-refractivity contribution in [3.05, 3.63) is 35.4 Å². The molecule has 2 unspecified atom stereocenters. The van der Waals surface area contributed by atoms with Crippen LogP contribution in [0.3, 0.4) is 0 Å². The molecule has 4 heteroatoms. The summed E-state index contributed by atoms with van der Waals surface area (Å²) in [7, 11) is 1.42. The molecule has 0 spiro atoms. The Morgan fingerprint density at radius 1 is 1.37 bits per heavy atom. The van der Waals surface area contributed by atoms with Gasteiger partial charge in [-0.1, -0.05) is 38.1 Å². The van der Waals surface area contributed by atoms with E-state index in [1.165, 1.54) is 18.2 Å². The van der Waals surface area contributed by atoms with Crippen molar-refractivity contribution < 1.29 is 9.53 Å². The van der Waals surface area contributed by atoms with Crippen molar-refractivity contribution in [2.75, 3.05) is 7.11 Å². The average molecular weight is 262 g/mol. The fourth-order valence-corrected chi connectivity index (χ4v) is 2.71. The van der Waals surface area contributed by atoms with Crippen molar-refractivity contribution in [1.29, 1.82) is 0 Å². The molecule has 0 bridgehead atoms. The zero-order chi connectivity index (χ0) is 14.0. The van der Waals surface area contributed by atoms with Crippen molar-refractivity contribution in [2.45, 2.75) is 38.4 Å². The number of esters is 1. The molecule has 0 aliphatic heterocycles. The molecule has 19 heavy (non-hydrogen) atoms. The fourth-order valence-electron chi connectivity index (χ4n) is 2.71. The van der Waals surface area contributed by atoms with Gasteiger partial charge in [-0.05, 0) is 23.5 Å². The molecule has 0 saturated heterocycles.